The lowest BCUT2D eigenvalue weighted by Crippen LogP contribution is -2.42. The number of halogens is 1. The van der Waals surface area contributed by atoms with Gasteiger partial charge in [0.05, 0.1) is 11.9 Å². The lowest BCUT2D eigenvalue weighted by atomic mass is 10.3. The second-order valence-electron chi connectivity index (χ2n) is 4.44. The summed E-state index contributed by atoms with van der Waals surface area (Å²) in [5, 5.41) is 9.09. The van der Waals surface area contributed by atoms with Gasteiger partial charge in [0.15, 0.2) is 5.96 Å². The molecule has 0 aliphatic rings. The van der Waals surface area contributed by atoms with Crippen molar-refractivity contribution in [2.45, 2.75) is 33.2 Å². The van der Waals surface area contributed by atoms with Crippen molar-refractivity contribution < 1.29 is 4.79 Å². The predicted octanol–water partition coefficient (Wildman–Crippen LogP) is 1.99. The van der Waals surface area contributed by atoms with Crippen LogP contribution in [-0.4, -0.2) is 36.0 Å². The van der Waals surface area contributed by atoms with Crippen LogP contribution in [-0.2, 0) is 4.79 Å². The third-order valence-electron chi connectivity index (χ3n) is 2.67. The molecule has 1 aromatic heterocycles. The van der Waals surface area contributed by atoms with Gasteiger partial charge in [-0.1, -0.05) is 6.92 Å². The van der Waals surface area contributed by atoms with Gasteiger partial charge in [-0.3, -0.25) is 9.78 Å². The number of hydrogen-bond acceptors (Lipinski definition) is 3. The number of nitrogens with one attached hydrogen (secondary N) is 3. The molecule has 0 aromatic carbocycles. The van der Waals surface area contributed by atoms with Crippen molar-refractivity contribution >= 4 is 41.5 Å². The molecule has 1 amide bonds. The summed E-state index contributed by atoms with van der Waals surface area (Å²) in [6.07, 6.45) is 4.25. The Morgan fingerprint density at radius 3 is 2.76 bits per heavy atom. The highest BCUT2D eigenvalue weighted by Crippen LogP contribution is 2.01. The van der Waals surface area contributed by atoms with E-state index in [1.54, 1.807) is 24.5 Å². The van der Waals surface area contributed by atoms with Crippen LogP contribution in [0.4, 0.5) is 5.69 Å². The van der Waals surface area contributed by atoms with E-state index in [9.17, 15) is 4.79 Å². The SMILES string of the molecule is CCNC(=NCC(=O)Nc1cccnc1)NC(C)CC.I. The number of pyridine rings is 1. The summed E-state index contributed by atoms with van der Waals surface area (Å²) in [5.41, 5.74) is 0.674. The third-order valence-corrected chi connectivity index (χ3v) is 2.67. The van der Waals surface area contributed by atoms with E-state index in [-0.39, 0.29) is 36.4 Å². The molecule has 3 N–H and O–H groups in total. The van der Waals surface area contributed by atoms with Crippen molar-refractivity contribution in [2.75, 3.05) is 18.4 Å². The van der Waals surface area contributed by atoms with Gasteiger partial charge >= 0.3 is 0 Å². The number of anilines is 1. The molecule has 0 saturated carbocycles. The van der Waals surface area contributed by atoms with Gasteiger partial charge in [-0.25, -0.2) is 4.99 Å². The van der Waals surface area contributed by atoms with Crippen LogP contribution in [0.1, 0.15) is 27.2 Å². The Labute approximate surface area is 143 Å². The molecule has 1 rings (SSSR count). The highest BCUT2D eigenvalue weighted by molar-refractivity contribution is 14.0. The Balaban J connectivity index is 0.00000400. The van der Waals surface area contributed by atoms with Gasteiger partial charge in [-0.15, -0.1) is 24.0 Å². The van der Waals surface area contributed by atoms with Gasteiger partial charge in [-0.2, -0.15) is 0 Å². The molecule has 0 aliphatic heterocycles. The van der Waals surface area contributed by atoms with Gasteiger partial charge in [0, 0.05) is 18.8 Å². The maximum atomic E-state index is 11.8. The molecule has 0 radical (unpaired) electrons. The molecule has 0 aliphatic carbocycles. The number of rotatable bonds is 6. The first kappa shape index (κ1) is 19.6. The normalized spacial score (nSPS) is 12.0. The molecule has 1 unspecified atom stereocenters. The van der Waals surface area contributed by atoms with Crippen LogP contribution in [0.25, 0.3) is 0 Å². The molecular formula is C14H24IN5O. The van der Waals surface area contributed by atoms with E-state index < -0.39 is 0 Å². The fourth-order valence-electron chi connectivity index (χ4n) is 1.44. The van der Waals surface area contributed by atoms with Crippen LogP contribution in [0.2, 0.25) is 0 Å². The fraction of sp³-hybridized carbons (Fsp3) is 0.500. The van der Waals surface area contributed by atoms with Crippen LogP contribution < -0.4 is 16.0 Å². The molecule has 1 heterocycles. The summed E-state index contributed by atoms with van der Waals surface area (Å²) in [7, 11) is 0. The maximum absolute atomic E-state index is 11.8. The highest BCUT2D eigenvalue weighted by atomic mass is 127. The van der Waals surface area contributed by atoms with Crippen molar-refractivity contribution in [3.8, 4) is 0 Å². The van der Waals surface area contributed by atoms with E-state index in [1.165, 1.54) is 0 Å². The fourth-order valence-corrected chi connectivity index (χ4v) is 1.44. The molecule has 0 spiro atoms. The minimum absolute atomic E-state index is 0. The van der Waals surface area contributed by atoms with Gasteiger partial charge < -0.3 is 16.0 Å². The van der Waals surface area contributed by atoms with Gasteiger partial charge in [0.1, 0.15) is 6.54 Å². The van der Waals surface area contributed by atoms with E-state index >= 15 is 0 Å². The summed E-state index contributed by atoms with van der Waals surface area (Å²) < 4.78 is 0. The lowest BCUT2D eigenvalue weighted by Gasteiger charge is -2.16. The van der Waals surface area contributed by atoms with Crippen molar-refractivity contribution in [3.63, 3.8) is 0 Å². The number of hydrogen-bond donors (Lipinski definition) is 3. The smallest absolute Gasteiger partial charge is 0.246 e. The molecular weight excluding hydrogens is 381 g/mol. The Morgan fingerprint density at radius 1 is 1.43 bits per heavy atom. The predicted molar refractivity (Wildman–Crippen MR) is 97.1 cm³/mol. The molecule has 0 saturated heterocycles. The average molecular weight is 405 g/mol. The lowest BCUT2D eigenvalue weighted by molar-refractivity contribution is -0.114. The van der Waals surface area contributed by atoms with Crippen LogP contribution in [0, 0.1) is 0 Å². The van der Waals surface area contributed by atoms with Gasteiger partial charge in [0.2, 0.25) is 5.91 Å². The number of nitrogens with zero attached hydrogens (tertiary/aromatic N) is 2. The topological polar surface area (TPSA) is 78.4 Å². The Kier molecular flexibility index (Phi) is 10.6. The second kappa shape index (κ2) is 11.3. The highest BCUT2D eigenvalue weighted by Gasteiger charge is 2.05. The summed E-state index contributed by atoms with van der Waals surface area (Å²) in [6.45, 7) is 6.98. The zero-order valence-electron chi connectivity index (χ0n) is 12.7. The van der Waals surface area contributed by atoms with E-state index in [4.69, 9.17) is 0 Å². The minimum atomic E-state index is -0.167. The van der Waals surface area contributed by atoms with Crippen molar-refractivity contribution in [2.24, 2.45) is 4.99 Å². The standard InChI is InChI=1S/C14H23N5O.HI/c1-4-11(3)18-14(16-5-2)17-10-13(20)19-12-7-6-8-15-9-12;/h6-9,11H,4-5,10H2,1-3H3,(H,19,20)(H2,16,17,18);1H. The molecule has 118 valence electrons. The maximum Gasteiger partial charge on any atom is 0.246 e. The van der Waals surface area contributed by atoms with Crippen LogP contribution in [0.3, 0.4) is 0 Å². The van der Waals surface area contributed by atoms with Crippen molar-refractivity contribution in [1.29, 1.82) is 0 Å². The van der Waals surface area contributed by atoms with Crippen LogP contribution >= 0.6 is 24.0 Å². The van der Waals surface area contributed by atoms with Crippen molar-refractivity contribution in [1.82, 2.24) is 15.6 Å². The molecule has 0 bridgehead atoms. The van der Waals surface area contributed by atoms with Gasteiger partial charge in [-0.05, 0) is 32.4 Å². The number of carbonyl (C=O) groups excluding carboxylic acids is 1. The number of aliphatic imine (C=N–C) groups is 1. The molecule has 6 nitrogen and oxygen atoms in total. The zero-order chi connectivity index (χ0) is 14.8. The van der Waals surface area contributed by atoms with Gasteiger partial charge in [0.25, 0.3) is 0 Å². The minimum Gasteiger partial charge on any atom is -0.357 e. The number of carbonyl (C=O) groups is 1. The first-order valence-electron chi connectivity index (χ1n) is 6.90. The molecule has 7 heteroatoms. The van der Waals surface area contributed by atoms with E-state index in [0.717, 1.165) is 13.0 Å². The van der Waals surface area contributed by atoms with E-state index in [2.05, 4.69) is 39.8 Å². The molecule has 1 aromatic rings. The summed E-state index contributed by atoms with van der Waals surface area (Å²) in [5.74, 6) is 0.488. The third kappa shape index (κ3) is 8.49. The molecule has 1 atom stereocenters. The molecule has 21 heavy (non-hydrogen) atoms. The first-order chi connectivity index (χ1) is 9.65. The van der Waals surface area contributed by atoms with Crippen molar-refractivity contribution in [3.05, 3.63) is 24.5 Å². The quantitative estimate of drug-likeness (QED) is 0.384. The first-order valence-corrected chi connectivity index (χ1v) is 6.90. The molecule has 0 fully saturated rings. The number of amides is 1. The summed E-state index contributed by atoms with van der Waals surface area (Å²) in [6, 6.07) is 3.87. The monoisotopic (exact) mass is 405 g/mol. The van der Waals surface area contributed by atoms with E-state index in [1.807, 2.05) is 6.92 Å². The second-order valence-corrected chi connectivity index (χ2v) is 4.44. The van der Waals surface area contributed by atoms with Crippen LogP contribution in [0.5, 0.6) is 0 Å². The average Bonchev–Trinajstić information content (AvgIpc) is 2.46. The van der Waals surface area contributed by atoms with Crippen LogP contribution in [0.15, 0.2) is 29.5 Å². The largest absolute Gasteiger partial charge is 0.357 e. The zero-order valence-corrected chi connectivity index (χ0v) is 15.0. The Morgan fingerprint density at radius 2 is 2.19 bits per heavy atom. The Hall–Kier alpha value is -1.38. The Bertz CT molecular complexity index is 438. The summed E-state index contributed by atoms with van der Waals surface area (Å²) in [4.78, 5) is 20.0. The number of aromatic nitrogens is 1. The summed E-state index contributed by atoms with van der Waals surface area (Å²) >= 11 is 0. The number of guanidine groups is 1. The van der Waals surface area contributed by atoms with E-state index in [0.29, 0.717) is 17.7 Å².